The van der Waals surface area contributed by atoms with E-state index in [1.165, 1.54) is 0 Å². The second kappa shape index (κ2) is 13.6. The van der Waals surface area contributed by atoms with Gasteiger partial charge in [-0.2, -0.15) is 13.2 Å². The summed E-state index contributed by atoms with van der Waals surface area (Å²) in [5.41, 5.74) is 0.249. The van der Waals surface area contributed by atoms with E-state index in [1.54, 1.807) is 7.05 Å². The molecule has 0 aliphatic carbocycles. The maximum absolute atomic E-state index is 12.6. The van der Waals surface area contributed by atoms with Gasteiger partial charge in [0.25, 0.3) is 0 Å². The molecule has 0 spiro atoms. The summed E-state index contributed by atoms with van der Waals surface area (Å²) in [5.74, 6) is 2.03. The maximum Gasteiger partial charge on any atom is 0.434 e. The number of guanidine groups is 1. The van der Waals surface area contributed by atoms with Crippen molar-refractivity contribution in [2.75, 3.05) is 33.4 Å². The van der Waals surface area contributed by atoms with E-state index in [9.17, 15) is 13.2 Å². The molecule has 0 amide bonds. The number of aromatic nitrogens is 1. The van der Waals surface area contributed by atoms with Crippen molar-refractivity contribution in [3.63, 3.8) is 0 Å². The lowest BCUT2D eigenvalue weighted by Gasteiger charge is -2.14. The molecule has 1 aromatic carbocycles. The number of nitrogens with one attached hydrogen (secondary N) is 2. The lowest BCUT2D eigenvalue weighted by Crippen LogP contribution is -2.39. The Balaban J connectivity index is 0.00000480. The predicted octanol–water partition coefficient (Wildman–Crippen LogP) is 4.53. The Labute approximate surface area is 201 Å². The van der Waals surface area contributed by atoms with E-state index in [2.05, 4.69) is 20.6 Å². The lowest BCUT2D eigenvalue weighted by molar-refractivity contribution is -0.140. The SMILES string of the molecule is CCOc1ccc(CCNC(=NC)NCCc2nc(C(F)(F)F)cs2)cc1OCC.I. The van der Waals surface area contributed by atoms with Gasteiger partial charge in [0.05, 0.1) is 18.2 Å². The lowest BCUT2D eigenvalue weighted by atomic mass is 10.1. The minimum absolute atomic E-state index is 0. The number of rotatable bonds is 10. The smallest absolute Gasteiger partial charge is 0.434 e. The summed E-state index contributed by atoms with van der Waals surface area (Å²) in [5, 5.41) is 7.75. The van der Waals surface area contributed by atoms with E-state index in [4.69, 9.17) is 9.47 Å². The molecular formula is C20H28F3IN4O2S. The van der Waals surface area contributed by atoms with Gasteiger partial charge in [0.2, 0.25) is 0 Å². The molecule has 1 heterocycles. The van der Waals surface area contributed by atoms with Gasteiger partial charge in [0.15, 0.2) is 23.2 Å². The minimum Gasteiger partial charge on any atom is -0.490 e. The predicted molar refractivity (Wildman–Crippen MR) is 128 cm³/mol. The van der Waals surface area contributed by atoms with Crippen molar-refractivity contribution in [3.8, 4) is 11.5 Å². The average Bonchev–Trinajstić information content (AvgIpc) is 3.18. The van der Waals surface area contributed by atoms with Crippen LogP contribution in [0.5, 0.6) is 11.5 Å². The number of hydrogen-bond acceptors (Lipinski definition) is 5. The summed E-state index contributed by atoms with van der Waals surface area (Å²) in [4.78, 5) is 7.75. The third-order valence-corrected chi connectivity index (χ3v) is 4.92. The van der Waals surface area contributed by atoms with Crippen molar-refractivity contribution in [3.05, 3.63) is 39.8 Å². The molecule has 2 rings (SSSR count). The Bertz CT molecular complexity index is 831. The number of halogens is 4. The van der Waals surface area contributed by atoms with Crippen LogP contribution in [0, 0.1) is 0 Å². The molecule has 0 saturated heterocycles. The van der Waals surface area contributed by atoms with Crippen molar-refractivity contribution in [1.82, 2.24) is 15.6 Å². The first-order chi connectivity index (χ1) is 14.4. The van der Waals surface area contributed by atoms with Crippen LogP contribution in [-0.2, 0) is 19.0 Å². The zero-order valence-electron chi connectivity index (χ0n) is 17.7. The first kappa shape index (κ1) is 27.3. The van der Waals surface area contributed by atoms with E-state index in [-0.39, 0.29) is 24.0 Å². The number of aliphatic imine (C=N–C) groups is 1. The fourth-order valence-electron chi connectivity index (χ4n) is 2.64. The summed E-state index contributed by atoms with van der Waals surface area (Å²) in [6.45, 7) is 6.05. The number of alkyl halides is 3. The van der Waals surface area contributed by atoms with E-state index in [1.807, 2.05) is 32.0 Å². The van der Waals surface area contributed by atoms with Crippen molar-refractivity contribution in [2.45, 2.75) is 32.9 Å². The molecule has 2 aromatic rings. The molecule has 0 aliphatic heterocycles. The van der Waals surface area contributed by atoms with Crippen LogP contribution in [0.15, 0.2) is 28.6 Å². The zero-order valence-corrected chi connectivity index (χ0v) is 20.9. The molecule has 1 aromatic heterocycles. The zero-order chi connectivity index (χ0) is 22.0. The molecule has 0 aliphatic rings. The average molecular weight is 572 g/mol. The third kappa shape index (κ3) is 9.09. The summed E-state index contributed by atoms with van der Waals surface area (Å²) < 4.78 is 49.0. The van der Waals surface area contributed by atoms with Gasteiger partial charge in [-0.05, 0) is 38.0 Å². The van der Waals surface area contributed by atoms with Gasteiger partial charge in [-0.1, -0.05) is 6.07 Å². The molecule has 31 heavy (non-hydrogen) atoms. The number of nitrogens with zero attached hydrogens (tertiary/aromatic N) is 2. The second-order valence-electron chi connectivity index (χ2n) is 6.20. The highest BCUT2D eigenvalue weighted by molar-refractivity contribution is 14.0. The van der Waals surface area contributed by atoms with Crippen molar-refractivity contribution in [1.29, 1.82) is 0 Å². The molecule has 174 valence electrons. The van der Waals surface area contributed by atoms with E-state index in [0.717, 1.165) is 40.2 Å². The van der Waals surface area contributed by atoms with Crippen LogP contribution in [0.3, 0.4) is 0 Å². The molecule has 0 bridgehead atoms. The van der Waals surface area contributed by atoms with Gasteiger partial charge < -0.3 is 20.1 Å². The Kier molecular flexibility index (Phi) is 12.0. The summed E-state index contributed by atoms with van der Waals surface area (Å²) in [6, 6.07) is 5.86. The van der Waals surface area contributed by atoms with Crippen LogP contribution >= 0.6 is 35.3 Å². The highest BCUT2D eigenvalue weighted by Crippen LogP contribution is 2.30. The summed E-state index contributed by atoms with van der Waals surface area (Å²) in [6.07, 6.45) is -3.27. The standard InChI is InChI=1S/C20H27F3N4O2S.HI/c1-4-28-15-7-6-14(12-16(15)29-5-2)8-10-25-19(24-3)26-11-9-18-27-17(13-30-18)20(21,22)23;/h6-7,12-13H,4-5,8-11H2,1-3H3,(H2,24,25,26);1H. The molecule has 0 saturated carbocycles. The van der Waals surface area contributed by atoms with Gasteiger partial charge in [-0.3, -0.25) is 4.99 Å². The maximum atomic E-state index is 12.6. The van der Waals surface area contributed by atoms with Crippen LogP contribution in [0.2, 0.25) is 0 Å². The van der Waals surface area contributed by atoms with Gasteiger partial charge in [0, 0.05) is 31.9 Å². The van der Waals surface area contributed by atoms with E-state index in [0.29, 0.717) is 43.7 Å². The Morgan fingerprint density at radius 2 is 1.71 bits per heavy atom. The van der Waals surface area contributed by atoms with Gasteiger partial charge in [-0.15, -0.1) is 35.3 Å². The number of ether oxygens (including phenoxy) is 2. The number of hydrogen-bond donors (Lipinski definition) is 2. The highest BCUT2D eigenvalue weighted by Gasteiger charge is 2.33. The molecule has 0 unspecified atom stereocenters. The van der Waals surface area contributed by atoms with Gasteiger partial charge in [0.1, 0.15) is 0 Å². The highest BCUT2D eigenvalue weighted by atomic mass is 127. The van der Waals surface area contributed by atoms with Crippen LogP contribution in [0.4, 0.5) is 13.2 Å². The van der Waals surface area contributed by atoms with Crippen LogP contribution in [-0.4, -0.2) is 44.3 Å². The van der Waals surface area contributed by atoms with Crippen molar-refractivity contribution < 1.29 is 22.6 Å². The van der Waals surface area contributed by atoms with Crippen molar-refractivity contribution >= 4 is 41.3 Å². The quantitative estimate of drug-likeness (QED) is 0.249. The molecule has 2 N–H and O–H groups in total. The molecule has 6 nitrogen and oxygen atoms in total. The first-order valence-electron chi connectivity index (χ1n) is 9.72. The molecule has 11 heteroatoms. The Hall–Kier alpha value is -1.76. The van der Waals surface area contributed by atoms with E-state index < -0.39 is 11.9 Å². The van der Waals surface area contributed by atoms with Crippen LogP contribution < -0.4 is 20.1 Å². The molecule has 0 fully saturated rings. The Morgan fingerprint density at radius 1 is 1.06 bits per heavy atom. The van der Waals surface area contributed by atoms with Gasteiger partial charge in [-0.25, -0.2) is 4.98 Å². The minimum atomic E-state index is -4.40. The summed E-state index contributed by atoms with van der Waals surface area (Å²) >= 11 is 1.01. The number of thiazole rings is 1. The fourth-order valence-corrected chi connectivity index (χ4v) is 3.45. The monoisotopic (exact) mass is 572 g/mol. The molecule has 0 atom stereocenters. The fraction of sp³-hybridized carbons (Fsp3) is 0.500. The Morgan fingerprint density at radius 3 is 2.29 bits per heavy atom. The molecule has 0 radical (unpaired) electrons. The normalized spacial score (nSPS) is 11.6. The first-order valence-corrected chi connectivity index (χ1v) is 10.6. The summed E-state index contributed by atoms with van der Waals surface area (Å²) in [7, 11) is 1.64. The largest absolute Gasteiger partial charge is 0.490 e. The number of benzene rings is 1. The second-order valence-corrected chi connectivity index (χ2v) is 7.14. The van der Waals surface area contributed by atoms with Gasteiger partial charge >= 0.3 is 6.18 Å². The van der Waals surface area contributed by atoms with Crippen LogP contribution in [0.25, 0.3) is 0 Å². The molecular weight excluding hydrogens is 544 g/mol. The third-order valence-electron chi connectivity index (χ3n) is 4.01. The van der Waals surface area contributed by atoms with Crippen molar-refractivity contribution in [2.24, 2.45) is 4.99 Å². The topological polar surface area (TPSA) is 67.8 Å². The van der Waals surface area contributed by atoms with Crippen LogP contribution in [0.1, 0.15) is 30.1 Å². The van der Waals surface area contributed by atoms with E-state index >= 15 is 0 Å².